The molecular weight excluding hydrogens is 373 g/mol. The fraction of sp³-hybridized carbons (Fsp3) is 0.100. The van der Waals surface area contributed by atoms with Gasteiger partial charge in [-0.25, -0.2) is 0 Å². The van der Waals surface area contributed by atoms with Crippen molar-refractivity contribution in [2.24, 2.45) is 0 Å². The molecule has 1 heterocycles. The lowest BCUT2D eigenvalue weighted by atomic mass is 10.1. The van der Waals surface area contributed by atoms with Gasteiger partial charge in [0, 0.05) is 23.5 Å². The molecule has 0 aliphatic rings. The highest BCUT2D eigenvalue weighted by atomic mass is 127. The highest BCUT2D eigenvalue weighted by molar-refractivity contribution is 14.1. The zero-order valence-electron chi connectivity index (χ0n) is 7.05. The van der Waals surface area contributed by atoms with E-state index in [1.807, 2.05) is 6.07 Å². The lowest BCUT2D eigenvalue weighted by molar-refractivity contribution is 1.27. The first-order valence-corrected chi connectivity index (χ1v) is 6.69. The lowest BCUT2D eigenvalue weighted by Gasteiger charge is -1.99. The minimum atomic E-state index is 0.475. The van der Waals surface area contributed by atoms with E-state index in [1.54, 1.807) is 11.3 Å². The van der Waals surface area contributed by atoms with Crippen LogP contribution in [0.2, 0.25) is 0 Å². The standard InChI is InChI=1S/C10H5BrINS/c11-7-3-6(1-2-13)4-9-10(7)8(12)5-14-9/h3-5H,1H2. The van der Waals surface area contributed by atoms with Crippen molar-refractivity contribution in [2.75, 3.05) is 0 Å². The average Bonchev–Trinajstić information content (AvgIpc) is 2.48. The normalized spacial score (nSPS) is 10.4. The molecule has 0 saturated carbocycles. The summed E-state index contributed by atoms with van der Waals surface area (Å²) >= 11 is 7.59. The second kappa shape index (κ2) is 4.17. The number of nitrogens with zero attached hydrogens (tertiary/aromatic N) is 1. The molecule has 1 aromatic heterocycles. The van der Waals surface area contributed by atoms with Crippen molar-refractivity contribution in [3.05, 3.63) is 31.1 Å². The Labute approximate surface area is 108 Å². The minimum Gasteiger partial charge on any atom is -0.198 e. The van der Waals surface area contributed by atoms with E-state index in [0.29, 0.717) is 6.42 Å². The van der Waals surface area contributed by atoms with Crippen LogP contribution in [0.3, 0.4) is 0 Å². The zero-order chi connectivity index (χ0) is 10.1. The molecular formula is C10H5BrINS. The van der Waals surface area contributed by atoms with E-state index in [-0.39, 0.29) is 0 Å². The summed E-state index contributed by atoms with van der Waals surface area (Å²) in [5.74, 6) is 0. The Morgan fingerprint density at radius 2 is 2.29 bits per heavy atom. The summed E-state index contributed by atoms with van der Waals surface area (Å²) < 4.78 is 3.60. The van der Waals surface area contributed by atoms with Crippen LogP contribution in [-0.2, 0) is 6.42 Å². The SMILES string of the molecule is N#CCc1cc(Br)c2c(I)csc2c1. The van der Waals surface area contributed by atoms with Crippen LogP contribution in [0.25, 0.3) is 10.1 Å². The van der Waals surface area contributed by atoms with E-state index in [9.17, 15) is 0 Å². The third-order valence-electron chi connectivity index (χ3n) is 1.93. The maximum atomic E-state index is 8.62. The molecule has 0 amide bonds. The van der Waals surface area contributed by atoms with Crippen LogP contribution in [0.1, 0.15) is 5.56 Å². The highest BCUT2D eigenvalue weighted by Gasteiger charge is 2.07. The van der Waals surface area contributed by atoms with Gasteiger partial charge in [0.2, 0.25) is 0 Å². The minimum absolute atomic E-state index is 0.475. The molecule has 0 spiro atoms. The molecule has 0 fully saturated rings. The van der Waals surface area contributed by atoms with Crippen LogP contribution in [0.15, 0.2) is 22.0 Å². The van der Waals surface area contributed by atoms with Crippen LogP contribution < -0.4 is 0 Å². The second-order valence-corrected chi connectivity index (χ2v) is 5.80. The molecule has 1 aromatic carbocycles. The molecule has 0 aliphatic heterocycles. The predicted molar refractivity (Wildman–Crippen MR) is 71.6 cm³/mol. The number of benzene rings is 1. The number of hydrogen-bond acceptors (Lipinski definition) is 2. The molecule has 70 valence electrons. The number of rotatable bonds is 1. The van der Waals surface area contributed by atoms with Crippen molar-refractivity contribution >= 4 is 59.9 Å². The van der Waals surface area contributed by atoms with Crippen LogP contribution >= 0.6 is 49.9 Å². The van der Waals surface area contributed by atoms with Crippen molar-refractivity contribution in [1.82, 2.24) is 0 Å². The van der Waals surface area contributed by atoms with Gasteiger partial charge in [-0.15, -0.1) is 11.3 Å². The van der Waals surface area contributed by atoms with Crippen molar-refractivity contribution in [1.29, 1.82) is 5.26 Å². The molecule has 0 aliphatic carbocycles. The van der Waals surface area contributed by atoms with Crippen LogP contribution in [0, 0.1) is 14.9 Å². The van der Waals surface area contributed by atoms with Crippen molar-refractivity contribution < 1.29 is 0 Å². The highest BCUT2D eigenvalue weighted by Crippen LogP contribution is 2.34. The molecule has 0 bridgehead atoms. The Hall–Kier alpha value is -0.120. The number of fused-ring (bicyclic) bond motifs is 1. The third kappa shape index (κ3) is 1.81. The summed E-state index contributed by atoms with van der Waals surface area (Å²) in [5, 5.41) is 12.0. The lowest BCUT2D eigenvalue weighted by Crippen LogP contribution is -1.81. The Morgan fingerprint density at radius 1 is 1.50 bits per heavy atom. The van der Waals surface area contributed by atoms with Gasteiger partial charge in [-0.3, -0.25) is 0 Å². The number of halogens is 2. The van der Waals surface area contributed by atoms with E-state index >= 15 is 0 Å². The summed E-state index contributed by atoms with van der Waals surface area (Å²) in [5.41, 5.74) is 1.07. The van der Waals surface area contributed by atoms with Gasteiger partial charge in [-0.1, -0.05) is 15.9 Å². The molecule has 0 saturated heterocycles. The van der Waals surface area contributed by atoms with Gasteiger partial charge < -0.3 is 0 Å². The maximum Gasteiger partial charge on any atom is 0.0669 e. The van der Waals surface area contributed by atoms with Crippen LogP contribution in [0.4, 0.5) is 0 Å². The second-order valence-electron chi connectivity index (χ2n) is 2.87. The zero-order valence-corrected chi connectivity index (χ0v) is 11.6. The molecule has 0 radical (unpaired) electrons. The summed E-state index contributed by atoms with van der Waals surface area (Å²) in [6, 6.07) is 6.29. The van der Waals surface area contributed by atoms with Gasteiger partial charge in [-0.2, -0.15) is 5.26 Å². The molecule has 0 unspecified atom stereocenters. The van der Waals surface area contributed by atoms with Gasteiger partial charge in [0.05, 0.1) is 12.5 Å². The average molecular weight is 378 g/mol. The summed E-state index contributed by atoms with van der Waals surface area (Å²) in [6.07, 6.45) is 0.475. The topological polar surface area (TPSA) is 23.8 Å². The van der Waals surface area contributed by atoms with Crippen molar-refractivity contribution in [3.8, 4) is 6.07 Å². The third-order valence-corrected chi connectivity index (χ3v) is 4.75. The van der Waals surface area contributed by atoms with Gasteiger partial charge >= 0.3 is 0 Å². The van der Waals surface area contributed by atoms with Crippen LogP contribution in [0.5, 0.6) is 0 Å². The first kappa shape index (κ1) is 10.4. The van der Waals surface area contributed by atoms with Crippen LogP contribution in [-0.4, -0.2) is 0 Å². The van der Waals surface area contributed by atoms with E-state index < -0.39 is 0 Å². The van der Waals surface area contributed by atoms with E-state index in [1.165, 1.54) is 13.7 Å². The Morgan fingerprint density at radius 3 is 3.00 bits per heavy atom. The fourth-order valence-corrected chi connectivity index (χ4v) is 4.60. The quantitative estimate of drug-likeness (QED) is 0.678. The molecule has 2 aromatic rings. The number of nitriles is 1. The van der Waals surface area contributed by atoms with Gasteiger partial charge in [-0.05, 0) is 40.3 Å². The predicted octanol–water partition coefficient (Wildman–Crippen LogP) is 4.33. The first-order chi connectivity index (χ1) is 6.72. The largest absolute Gasteiger partial charge is 0.198 e. The molecule has 2 rings (SSSR count). The number of thiophene rings is 1. The summed E-state index contributed by atoms with van der Waals surface area (Å²) in [7, 11) is 0. The van der Waals surface area contributed by atoms with E-state index in [0.717, 1.165) is 10.0 Å². The molecule has 4 heteroatoms. The Kier molecular flexibility index (Phi) is 3.10. The molecule has 1 nitrogen and oxygen atoms in total. The summed E-state index contributed by atoms with van der Waals surface area (Å²) in [4.78, 5) is 0. The number of hydrogen-bond donors (Lipinski definition) is 0. The van der Waals surface area contributed by atoms with E-state index in [2.05, 4.69) is 56.0 Å². The summed E-state index contributed by atoms with van der Waals surface area (Å²) in [6.45, 7) is 0. The van der Waals surface area contributed by atoms with Crippen molar-refractivity contribution in [3.63, 3.8) is 0 Å². The fourth-order valence-electron chi connectivity index (χ4n) is 1.33. The first-order valence-electron chi connectivity index (χ1n) is 3.94. The van der Waals surface area contributed by atoms with Crippen molar-refractivity contribution in [2.45, 2.75) is 6.42 Å². The smallest absolute Gasteiger partial charge is 0.0669 e. The Bertz CT molecular complexity index is 527. The monoisotopic (exact) mass is 377 g/mol. The van der Waals surface area contributed by atoms with E-state index in [4.69, 9.17) is 5.26 Å². The van der Waals surface area contributed by atoms with Gasteiger partial charge in [0.15, 0.2) is 0 Å². The van der Waals surface area contributed by atoms with Gasteiger partial charge in [0.25, 0.3) is 0 Å². The molecule has 0 N–H and O–H groups in total. The Balaban J connectivity index is 2.69. The maximum absolute atomic E-state index is 8.62. The van der Waals surface area contributed by atoms with Gasteiger partial charge in [0.1, 0.15) is 0 Å². The molecule has 14 heavy (non-hydrogen) atoms. The molecule has 0 atom stereocenters.